The molecule has 1 saturated heterocycles. The molecule has 4 rings (SSSR count). The number of H-pyrrole nitrogens is 1. The minimum atomic E-state index is 0.173. The predicted octanol–water partition coefficient (Wildman–Crippen LogP) is 4.44. The van der Waals surface area contributed by atoms with Gasteiger partial charge in [-0.1, -0.05) is 24.3 Å². The van der Waals surface area contributed by atoms with Crippen molar-refractivity contribution in [3.05, 3.63) is 59.3 Å². The van der Waals surface area contributed by atoms with E-state index >= 15 is 0 Å². The number of amides is 1. The predicted molar refractivity (Wildman–Crippen MR) is 115 cm³/mol. The zero-order valence-corrected chi connectivity index (χ0v) is 17.3. The lowest BCUT2D eigenvalue weighted by Crippen LogP contribution is -2.38. The Kier molecular flexibility index (Phi) is 5.47. The first kappa shape index (κ1) is 19.4. The van der Waals surface area contributed by atoms with Crippen LogP contribution in [0.4, 0.5) is 0 Å². The van der Waals surface area contributed by atoms with Crippen LogP contribution in [0.3, 0.4) is 0 Å². The molecule has 1 fully saturated rings. The number of nitrogens with zero attached hydrogens (tertiary/aromatic N) is 1. The lowest BCUT2D eigenvalue weighted by molar-refractivity contribution is -0.131. The molecule has 2 heterocycles. The van der Waals surface area contributed by atoms with Crippen molar-refractivity contribution in [2.75, 3.05) is 27.3 Å². The zero-order chi connectivity index (χ0) is 20.4. The van der Waals surface area contributed by atoms with Crippen LogP contribution in [0.25, 0.3) is 10.9 Å². The Morgan fingerprint density at radius 1 is 1.07 bits per heavy atom. The minimum Gasteiger partial charge on any atom is -0.493 e. The molecule has 3 aromatic rings. The smallest absolute Gasteiger partial charge is 0.226 e. The molecule has 0 spiro atoms. The van der Waals surface area contributed by atoms with Crippen molar-refractivity contribution < 1.29 is 14.3 Å². The molecule has 1 amide bonds. The third-order valence-corrected chi connectivity index (χ3v) is 6.00. The van der Waals surface area contributed by atoms with Crippen molar-refractivity contribution in [3.63, 3.8) is 0 Å². The van der Waals surface area contributed by atoms with Gasteiger partial charge < -0.3 is 19.4 Å². The van der Waals surface area contributed by atoms with Crippen LogP contribution in [-0.4, -0.2) is 43.1 Å². The van der Waals surface area contributed by atoms with Gasteiger partial charge >= 0.3 is 0 Å². The van der Waals surface area contributed by atoms with Gasteiger partial charge in [0.05, 0.1) is 20.6 Å². The molecule has 2 aromatic carbocycles. The molecule has 0 unspecified atom stereocenters. The number of rotatable bonds is 5. The summed E-state index contributed by atoms with van der Waals surface area (Å²) in [7, 11) is 3.23. The first-order valence-corrected chi connectivity index (χ1v) is 10.2. The van der Waals surface area contributed by atoms with E-state index in [0.29, 0.717) is 23.8 Å². The van der Waals surface area contributed by atoms with Crippen molar-refractivity contribution in [2.24, 2.45) is 0 Å². The maximum absolute atomic E-state index is 12.8. The molecule has 0 bridgehead atoms. The number of methoxy groups -OCH3 is 2. The van der Waals surface area contributed by atoms with Crippen molar-refractivity contribution in [3.8, 4) is 11.5 Å². The molecule has 1 aliphatic heterocycles. The normalized spacial score (nSPS) is 14.9. The second-order valence-electron chi connectivity index (χ2n) is 7.73. The van der Waals surface area contributed by atoms with Gasteiger partial charge in [-0.3, -0.25) is 4.79 Å². The van der Waals surface area contributed by atoms with E-state index in [1.165, 1.54) is 22.2 Å². The lowest BCUT2D eigenvalue weighted by atomic mass is 9.87. The maximum Gasteiger partial charge on any atom is 0.226 e. The van der Waals surface area contributed by atoms with Gasteiger partial charge in [0.25, 0.3) is 0 Å². The number of aryl methyl sites for hydroxylation is 1. The van der Waals surface area contributed by atoms with Crippen LogP contribution in [0, 0.1) is 6.92 Å². The molecule has 1 aromatic heterocycles. The van der Waals surface area contributed by atoms with Crippen molar-refractivity contribution in [1.82, 2.24) is 9.88 Å². The van der Waals surface area contributed by atoms with Crippen LogP contribution in [0.1, 0.15) is 35.6 Å². The lowest BCUT2D eigenvalue weighted by Gasteiger charge is -2.32. The molecule has 0 saturated carbocycles. The molecule has 1 N–H and O–H groups in total. The Balaban J connectivity index is 1.42. The number of fused-ring (bicyclic) bond motifs is 1. The molecule has 5 nitrogen and oxygen atoms in total. The summed E-state index contributed by atoms with van der Waals surface area (Å²) >= 11 is 0. The first-order chi connectivity index (χ1) is 14.1. The van der Waals surface area contributed by atoms with E-state index in [9.17, 15) is 4.79 Å². The molecule has 0 atom stereocenters. The summed E-state index contributed by atoms with van der Waals surface area (Å²) in [6.45, 7) is 3.76. The second-order valence-corrected chi connectivity index (χ2v) is 7.73. The molecule has 152 valence electrons. The highest BCUT2D eigenvalue weighted by molar-refractivity contribution is 5.85. The molecular formula is C24H28N2O3. The van der Waals surface area contributed by atoms with Gasteiger partial charge in [-0.05, 0) is 55.0 Å². The molecule has 5 heteroatoms. The summed E-state index contributed by atoms with van der Waals surface area (Å²) in [6.07, 6.45) is 2.39. The van der Waals surface area contributed by atoms with E-state index in [-0.39, 0.29) is 5.91 Å². The van der Waals surface area contributed by atoms with Crippen LogP contribution in [0.5, 0.6) is 11.5 Å². The van der Waals surface area contributed by atoms with Gasteiger partial charge in [0.15, 0.2) is 11.5 Å². The fourth-order valence-corrected chi connectivity index (χ4v) is 4.52. The van der Waals surface area contributed by atoms with Crippen molar-refractivity contribution in [1.29, 1.82) is 0 Å². The fraction of sp³-hybridized carbons (Fsp3) is 0.375. The standard InChI is InChI=1S/C24H28N2O3/c1-16-24(19-6-4-5-7-20(19)25-16)18-10-12-26(13-11-18)23(27)15-17-8-9-21(28-2)22(14-17)29-3/h4-9,14,18,25H,10-13,15H2,1-3H3. The van der Waals surface area contributed by atoms with E-state index < -0.39 is 0 Å². The molecule has 0 aliphatic carbocycles. The number of hydrogen-bond donors (Lipinski definition) is 1. The Hall–Kier alpha value is -2.95. The Labute approximate surface area is 171 Å². The van der Waals surface area contributed by atoms with Crippen molar-refractivity contribution >= 4 is 16.8 Å². The van der Waals surface area contributed by atoms with E-state index in [1.54, 1.807) is 14.2 Å². The van der Waals surface area contributed by atoms with Gasteiger partial charge in [-0.15, -0.1) is 0 Å². The number of nitrogens with one attached hydrogen (secondary N) is 1. The number of hydrogen-bond acceptors (Lipinski definition) is 3. The zero-order valence-electron chi connectivity index (χ0n) is 17.3. The third-order valence-electron chi connectivity index (χ3n) is 6.00. The van der Waals surface area contributed by atoms with E-state index in [0.717, 1.165) is 31.5 Å². The highest BCUT2D eigenvalue weighted by atomic mass is 16.5. The molecular weight excluding hydrogens is 364 g/mol. The monoisotopic (exact) mass is 392 g/mol. The van der Waals surface area contributed by atoms with Crippen LogP contribution < -0.4 is 9.47 Å². The average molecular weight is 392 g/mol. The van der Waals surface area contributed by atoms with Crippen LogP contribution in [-0.2, 0) is 11.2 Å². The number of aromatic nitrogens is 1. The largest absolute Gasteiger partial charge is 0.493 e. The Bertz CT molecular complexity index is 1020. The van der Waals surface area contributed by atoms with E-state index in [2.05, 4.69) is 36.2 Å². The second kappa shape index (κ2) is 8.19. The van der Waals surface area contributed by atoms with Gasteiger partial charge in [0.2, 0.25) is 5.91 Å². The topological polar surface area (TPSA) is 54.6 Å². The summed E-state index contributed by atoms with van der Waals surface area (Å²) in [4.78, 5) is 18.3. The van der Waals surface area contributed by atoms with E-state index in [4.69, 9.17) is 9.47 Å². The summed E-state index contributed by atoms with van der Waals surface area (Å²) in [6, 6.07) is 14.2. The number of aromatic amines is 1. The van der Waals surface area contributed by atoms with Gasteiger partial charge in [0.1, 0.15) is 0 Å². The number of carbonyl (C=O) groups is 1. The van der Waals surface area contributed by atoms with Crippen molar-refractivity contribution in [2.45, 2.75) is 32.1 Å². The van der Waals surface area contributed by atoms with Gasteiger partial charge in [-0.25, -0.2) is 0 Å². The van der Waals surface area contributed by atoms with Crippen LogP contribution in [0.15, 0.2) is 42.5 Å². The van der Waals surface area contributed by atoms with Gasteiger partial charge in [-0.2, -0.15) is 0 Å². The maximum atomic E-state index is 12.8. The number of benzene rings is 2. The number of ether oxygens (including phenoxy) is 2. The quantitative estimate of drug-likeness (QED) is 0.698. The van der Waals surface area contributed by atoms with E-state index in [1.807, 2.05) is 23.1 Å². The Morgan fingerprint density at radius 2 is 1.79 bits per heavy atom. The van der Waals surface area contributed by atoms with Crippen LogP contribution >= 0.6 is 0 Å². The average Bonchev–Trinajstić information content (AvgIpc) is 3.09. The highest BCUT2D eigenvalue weighted by Gasteiger charge is 2.26. The number of para-hydroxylation sites is 1. The minimum absolute atomic E-state index is 0.173. The fourth-order valence-electron chi connectivity index (χ4n) is 4.52. The summed E-state index contributed by atoms with van der Waals surface area (Å²) in [5, 5.41) is 1.32. The summed E-state index contributed by atoms with van der Waals surface area (Å²) < 4.78 is 10.6. The summed E-state index contributed by atoms with van der Waals surface area (Å²) in [5.41, 5.74) is 4.82. The molecule has 29 heavy (non-hydrogen) atoms. The number of carbonyl (C=O) groups excluding carboxylic acids is 1. The molecule has 1 aliphatic rings. The first-order valence-electron chi connectivity index (χ1n) is 10.2. The van der Waals surface area contributed by atoms with Crippen LogP contribution in [0.2, 0.25) is 0 Å². The molecule has 0 radical (unpaired) electrons. The Morgan fingerprint density at radius 3 is 2.52 bits per heavy atom. The highest BCUT2D eigenvalue weighted by Crippen LogP contribution is 2.36. The third kappa shape index (κ3) is 3.82. The SMILES string of the molecule is COc1ccc(CC(=O)N2CCC(c3c(C)[nH]c4ccccc34)CC2)cc1OC. The summed E-state index contributed by atoms with van der Waals surface area (Å²) in [5.74, 6) is 2.01. The number of piperidine rings is 1. The van der Waals surface area contributed by atoms with Gasteiger partial charge in [0, 0.05) is 29.7 Å². The number of likely N-dealkylation sites (tertiary alicyclic amines) is 1.